The highest BCUT2D eigenvalue weighted by atomic mass is 31.2. The van der Waals surface area contributed by atoms with Crippen molar-refractivity contribution in [1.82, 2.24) is 5.32 Å². The average Bonchev–Trinajstić information content (AvgIpc) is 1.61. The molecule has 7 heteroatoms. The van der Waals surface area contributed by atoms with E-state index >= 15 is 0 Å². The van der Waals surface area contributed by atoms with Crippen LogP contribution in [0.2, 0.25) is 0 Å². The molecule has 10 heavy (non-hydrogen) atoms. The first kappa shape index (κ1) is 12.3. The van der Waals surface area contributed by atoms with Crippen molar-refractivity contribution in [2.24, 2.45) is 0 Å². The maximum atomic E-state index is 9.70. The predicted octanol–water partition coefficient (Wildman–Crippen LogP) is -1.18. The molecule has 0 aliphatic rings. The Balaban J connectivity index is 0. The average molecular weight is 171 g/mol. The number of carbonyl (C=O) groups is 1. The van der Waals surface area contributed by atoms with Gasteiger partial charge >= 0.3 is 7.82 Å². The highest BCUT2D eigenvalue weighted by Gasteiger charge is 2.00. The Hall–Kier alpha value is -0.420. The molecule has 4 N–H and O–H groups in total. The van der Waals surface area contributed by atoms with Crippen LogP contribution in [-0.4, -0.2) is 27.6 Å². The molecule has 0 aliphatic heterocycles. The highest BCUT2D eigenvalue weighted by Crippen LogP contribution is 2.25. The van der Waals surface area contributed by atoms with Crippen LogP contribution in [0.5, 0.6) is 0 Å². The molecule has 0 aromatic heterocycles. The van der Waals surface area contributed by atoms with E-state index in [-0.39, 0.29) is 5.91 Å². The van der Waals surface area contributed by atoms with Crippen molar-refractivity contribution in [3.8, 4) is 0 Å². The van der Waals surface area contributed by atoms with E-state index < -0.39 is 7.82 Å². The molecule has 6 nitrogen and oxygen atoms in total. The van der Waals surface area contributed by atoms with Crippen molar-refractivity contribution >= 4 is 13.7 Å². The number of hydrogen-bond donors (Lipinski definition) is 4. The Morgan fingerprint density at radius 1 is 1.40 bits per heavy atom. The van der Waals surface area contributed by atoms with Crippen LogP contribution >= 0.6 is 7.82 Å². The van der Waals surface area contributed by atoms with Crippen molar-refractivity contribution in [2.75, 3.05) is 7.05 Å². The maximum absolute atomic E-state index is 9.70. The molecule has 0 saturated carbocycles. The van der Waals surface area contributed by atoms with E-state index in [4.69, 9.17) is 19.2 Å². The smallest absolute Gasteiger partial charge is 0.359 e. The fourth-order valence-corrected chi connectivity index (χ4v) is 0. The van der Waals surface area contributed by atoms with Gasteiger partial charge in [0.25, 0.3) is 0 Å². The molecule has 0 aromatic carbocycles. The standard InChI is InChI=1S/C3H7NO.H3O4P/c1-3(5)4-2;1-5(2,3)4/h1-2H3,(H,4,5);(H3,1,2,3,4). The summed E-state index contributed by atoms with van der Waals surface area (Å²) >= 11 is 0. The summed E-state index contributed by atoms with van der Waals surface area (Å²) in [5.41, 5.74) is 0. The zero-order valence-electron chi connectivity index (χ0n) is 5.61. The Labute approximate surface area is 58.1 Å². The van der Waals surface area contributed by atoms with E-state index in [0.29, 0.717) is 0 Å². The van der Waals surface area contributed by atoms with Gasteiger partial charge in [-0.05, 0) is 0 Å². The first-order chi connectivity index (χ1) is 4.27. The largest absolute Gasteiger partial charge is 0.466 e. The summed E-state index contributed by atoms with van der Waals surface area (Å²) in [6, 6.07) is 0. The van der Waals surface area contributed by atoms with Crippen LogP contribution in [0.1, 0.15) is 6.92 Å². The van der Waals surface area contributed by atoms with Crippen molar-refractivity contribution < 1.29 is 24.0 Å². The van der Waals surface area contributed by atoms with E-state index in [2.05, 4.69) is 5.32 Å². The lowest BCUT2D eigenvalue weighted by atomic mass is 10.7. The number of amides is 1. The second kappa shape index (κ2) is 5.37. The lowest BCUT2D eigenvalue weighted by Gasteiger charge is -1.82. The lowest BCUT2D eigenvalue weighted by molar-refractivity contribution is -0.118. The molecule has 0 fully saturated rings. The summed E-state index contributed by atoms with van der Waals surface area (Å²) in [4.78, 5) is 31.3. The predicted molar refractivity (Wildman–Crippen MR) is 34.0 cm³/mol. The van der Waals surface area contributed by atoms with Gasteiger partial charge in [0.15, 0.2) is 0 Å². The number of hydrogen-bond acceptors (Lipinski definition) is 2. The Morgan fingerprint density at radius 3 is 1.50 bits per heavy atom. The minimum atomic E-state index is -4.64. The summed E-state index contributed by atoms with van der Waals surface area (Å²) in [7, 11) is -3.04. The van der Waals surface area contributed by atoms with Gasteiger partial charge in [-0.1, -0.05) is 0 Å². The Bertz CT molecular complexity index is 132. The maximum Gasteiger partial charge on any atom is 0.466 e. The van der Waals surface area contributed by atoms with Crippen LogP contribution in [0.3, 0.4) is 0 Å². The van der Waals surface area contributed by atoms with Gasteiger partial charge in [-0.2, -0.15) is 0 Å². The van der Waals surface area contributed by atoms with Crippen molar-refractivity contribution in [3.63, 3.8) is 0 Å². The molecule has 0 radical (unpaired) electrons. The minimum Gasteiger partial charge on any atom is -0.359 e. The number of phosphoric acid groups is 1. The van der Waals surface area contributed by atoms with Gasteiger partial charge in [0.05, 0.1) is 0 Å². The van der Waals surface area contributed by atoms with Crippen molar-refractivity contribution in [2.45, 2.75) is 6.92 Å². The number of rotatable bonds is 0. The van der Waals surface area contributed by atoms with E-state index in [0.717, 1.165) is 0 Å². The monoisotopic (exact) mass is 171 g/mol. The molecule has 0 aromatic rings. The Morgan fingerprint density at radius 2 is 1.50 bits per heavy atom. The van der Waals surface area contributed by atoms with Crippen LogP contribution in [0.4, 0.5) is 0 Å². The first-order valence-electron chi connectivity index (χ1n) is 2.24. The second-order valence-electron chi connectivity index (χ2n) is 1.32. The molecule has 0 unspecified atom stereocenters. The lowest BCUT2D eigenvalue weighted by Crippen LogP contribution is -2.11. The molecule has 1 amide bonds. The number of nitrogens with one attached hydrogen (secondary N) is 1. The molecule has 0 bridgehead atoms. The van der Waals surface area contributed by atoms with Crippen molar-refractivity contribution in [3.05, 3.63) is 0 Å². The molecular formula is C3H10NO5P. The molecule has 0 atom stereocenters. The molecule has 62 valence electrons. The normalized spacial score (nSPS) is 9.30. The second-order valence-corrected chi connectivity index (χ2v) is 2.35. The molecule has 0 spiro atoms. The van der Waals surface area contributed by atoms with E-state index in [1.807, 2.05) is 0 Å². The van der Waals surface area contributed by atoms with Crippen molar-refractivity contribution in [1.29, 1.82) is 0 Å². The van der Waals surface area contributed by atoms with Gasteiger partial charge in [-0.3, -0.25) is 4.79 Å². The van der Waals surface area contributed by atoms with E-state index in [9.17, 15) is 4.79 Å². The van der Waals surface area contributed by atoms with Gasteiger partial charge in [-0.15, -0.1) is 0 Å². The molecule has 0 aliphatic carbocycles. The van der Waals surface area contributed by atoms with Gasteiger partial charge < -0.3 is 20.0 Å². The van der Waals surface area contributed by atoms with E-state index in [1.165, 1.54) is 6.92 Å². The topological polar surface area (TPSA) is 107 Å². The van der Waals surface area contributed by atoms with Crippen LogP contribution in [0.15, 0.2) is 0 Å². The number of carbonyl (C=O) groups excluding carboxylic acids is 1. The molecule has 0 saturated heterocycles. The fourth-order valence-electron chi connectivity index (χ4n) is 0. The quantitative estimate of drug-likeness (QED) is 0.343. The third-order valence-electron chi connectivity index (χ3n) is 0.352. The van der Waals surface area contributed by atoms with Gasteiger partial charge in [0.1, 0.15) is 0 Å². The van der Waals surface area contributed by atoms with Crippen LogP contribution in [0, 0.1) is 0 Å². The minimum absolute atomic E-state index is 0.00463. The third-order valence-corrected chi connectivity index (χ3v) is 0.352. The van der Waals surface area contributed by atoms with Gasteiger partial charge in [0.2, 0.25) is 5.91 Å². The third kappa shape index (κ3) is 131. The molecular weight excluding hydrogens is 161 g/mol. The fraction of sp³-hybridized carbons (Fsp3) is 0.667. The zero-order valence-corrected chi connectivity index (χ0v) is 6.50. The SMILES string of the molecule is CNC(C)=O.O=P(O)(O)O. The summed E-state index contributed by atoms with van der Waals surface area (Å²) < 4.78 is 8.88. The Kier molecular flexibility index (Phi) is 6.59. The summed E-state index contributed by atoms with van der Waals surface area (Å²) in [6.07, 6.45) is 0. The van der Waals surface area contributed by atoms with Gasteiger partial charge in [-0.25, -0.2) is 4.57 Å². The highest BCUT2D eigenvalue weighted by molar-refractivity contribution is 7.45. The zero-order chi connectivity index (χ0) is 8.78. The van der Waals surface area contributed by atoms with Crippen LogP contribution in [-0.2, 0) is 9.36 Å². The molecule has 0 rings (SSSR count). The van der Waals surface area contributed by atoms with Gasteiger partial charge in [0, 0.05) is 14.0 Å². The van der Waals surface area contributed by atoms with E-state index in [1.54, 1.807) is 7.05 Å². The van der Waals surface area contributed by atoms with Crippen LogP contribution < -0.4 is 5.32 Å². The summed E-state index contributed by atoms with van der Waals surface area (Å²) in [6.45, 7) is 1.47. The molecule has 0 heterocycles. The summed E-state index contributed by atoms with van der Waals surface area (Å²) in [5.74, 6) is 0.00463. The summed E-state index contributed by atoms with van der Waals surface area (Å²) in [5, 5.41) is 2.39. The van der Waals surface area contributed by atoms with Crippen LogP contribution in [0.25, 0.3) is 0 Å². The first-order valence-corrected chi connectivity index (χ1v) is 3.80.